The van der Waals surface area contributed by atoms with Gasteiger partial charge in [-0.25, -0.2) is 0 Å². The van der Waals surface area contributed by atoms with Crippen LogP contribution in [0.15, 0.2) is 47.4 Å². The Morgan fingerprint density at radius 2 is 1.67 bits per heavy atom. The van der Waals surface area contributed by atoms with Gasteiger partial charge in [0.2, 0.25) is 0 Å². The van der Waals surface area contributed by atoms with Crippen molar-refractivity contribution >= 4 is 10.1 Å². The van der Waals surface area contributed by atoms with Crippen molar-refractivity contribution in [1.29, 1.82) is 0 Å². The van der Waals surface area contributed by atoms with Crippen molar-refractivity contribution in [3.8, 4) is 17.2 Å². The van der Waals surface area contributed by atoms with Gasteiger partial charge in [0.1, 0.15) is 11.5 Å². The maximum absolute atomic E-state index is 12.2. The van der Waals surface area contributed by atoms with Crippen LogP contribution in [-0.2, 0) is 16.5 Å². The summed E-state index contributed by atoms with van der Waals surface area (Å²) in [5.41, 5.74) is 0.810. The normalized spacial score (nSPS) is 11.0. The molecule has 2 aromatic rings. The second-order valence-corrected chi connectivity index (χ2v) is 7.74. The molecule has 5 nitrogen and oxygen atoms in total. The molecule has 0 aromatic heterocycles. The van der Waals surface area contributed by atoms with E-state index < -0.39 is 10.1 Å². The Kier molecular flexibility index (Phi) is 11.1. The summed E-state index contributed by atoms with van der Waals surface area (Å²) >= 11 is 0. The zero-order chi connectivity index (χ0) is 19.0. The average Bonchev–Trinajstić information content (AvgIpc) is 2.60. The average molecular weight is 417 g/mol. The number of hydrogen-bond acceptors (Lipinski definition) is 4. The first-order chi connectivity index (χ1) is 12.4. The molecule has 0 radical (unpaired) electrons. The maximum atomic E-state index is 12.2. The summed E-state index contributed by atoms with van der Waals surface area (Å²) in [5, 5.41) is 12.2. The minimum absolute atomic E-state index is 0. The summed E-state index contributed by atoms with van der Waals surface area (Å²) in [7, 11) is -4.32. The van der Waals surface area contributed by atoms with Crippen LogP contribution >= 0.6 is 0 Å². The number of aryl methyl sites for hydroxylation is 1. The SMILES string of the molecule is CCCCCCCCc1cccc([O-])c1Oc1cccc(S(=O)(=O)O)c1.[K+]. The zero-order valence-electron chi connectivity index (χ0n) is 16.0. The van der Waals surface area contributed by atoms with Crippen LogP contribution in [0.3, 0.4) is 0 Å². The van der Waals surface area contributed by atoms with E-state index in [2.05, 4.69) is 6.92 Å². The topological polar surface area (TPSA) is 86.7 Å². The van der Waals surface area contributed by atoms with Crippen LogP contribution < -0.4 is 61.2 Å². The van der Waals surface area contributed by atoms with E-state index in [9.17, 15) is 13.5 Å². The molecule has 2 rings (SSSR count). The molecule has 0 spiro atoms. The van der Waals surface area contributed by atoms with Crippen molar-refractivity contribution in [1.82, 2.24) is 0 Å². The van der Waals surface area contributed by atoms with Crippen LogP contribution in [0.4, 0.5) is 0 Å². The molecule has 0 aliphatic heterocycles. The second-order valence-electron chi connectivity index (χ2n) is 6.31. The predicted octanol–water partition coefficient (Wildman–Crippen LogP) is 1.71. The molecule has 0 unspecified atom stereocenters. The molecule has 0 aliphatic rings. The van der Waals surface area contributed by atoms with Crippen LogP contribution in [0, 0.1) is 0 Å². The molecule has 0 heterocycles. The molecule has 0 fully saturated rings. The molecule has 1 N–H and O–H groups in total. The third-order valence-corrected chi connectivity index (χ3v) is 5.03. The molecular formula is C20H25KO5S. The third kappa shape index (κ3) is 8.23. The van der Waals surface area contributed by atoms with Gasteiger partial charge in [-0.2, -0.15) is 8.42 Å². The van der Waals surface area contributed by atoms with E-state index in [1.54, 1.807) is 12.1 Å². The van der Waals surface area contributed by atoms with E-state index >= 15 is 0 Å². The van der Waals surface area contributed by atoms with Crippen LogP contribution in [-0.4, -0.2) is 13.0 Å². The number of hydrogen-bond donors (Lipinski definition) is 1. The number of ether oxygens (including phenoxy) is 1. The Hall–Kier alpha value is -0.414. The fraction of sp³-hybridized carbons (Fsp3) is 0.400. The van der Waals surface area contributed by atoms with E-state index in [4.69, 9.17) is 9.29 Å². The van der Waals surface area contributed by atoms with Gasteiger partial charge in [-0.1, -0.05) is 69.0 Å². The monoisotopic (exact) mass is 416 g/mol. The first-order valence-corrected chi connectivity index (χ1v) is 10.4. The van der Waals surface area contributed by atoms with E-state index in [1.807, 2.05) is 6.07 Å². The second kappa shape index (κ2) is 12.2. The predicted molar refractivity (Wildman–Crippen MR) is 99.3 cm³/mol. The van der Waals surface area contributed by atoms with Crippen molar-refractivity contribution in [2.75, 3.05) is 0 Å². The molecule has 0 saturated heterocycles. The summed E-state index contributed by atoms with van der Waals surface area (Å²) in [6, 6.07) is 10.5. The summed E-state index contributed by atoms with van der Waals surface area (Å²) in [6.45, 7) is 2.18. The molecular weight excluding hydrogens is 391 g/mol. The molecule has 7 heteroatoms. The molecule has 0 amide bonds. The largest absolute Gasteiger partial charge is 1.00 e. The Morgan fingerprint density at radius 1 is 1.00 bits per heavy atom. The number of rotatable bonds is 10. The molecule has 2 aromatic carbocycles. The Morgan fingerprint density at radius 3 is 2.37 bits per heavy atom. The summed E-state index contributed by atoms with van der Waals surface area (Å²) in [6.07, 6.45) is 7.65. The fourth-order valence-corrected chi connectivity index (χ4v) is 3.30. The quantitative estimate of drug-likeness (QED) is 0.362. The summed E-state index contributed by atoms with van der Waals surface area (Å²) in [5.74, 6) is 0.173. The van der Waals surface area contributed by atoms with Gasteiger partial charge in [-0.05, 0) is 30.5 Å². The standard InChI is InChI=1S/C20H26O5S.K/c1-2-3-4-5-6-7-10-16-11-8-14-19(21)20(16)25-17-12-9-13-18(15-17)26(22,23)24;/h8-9,11-15,21H,2-7,10H2,1H3,(H,22,23,24);/q;+1/p-1. The molecule has 0 saturated carbocycles. The zero-order valence-corrected chi connectivity index (χ0v) is 19.9. The number of unbranched alkanes of at least 4 members (excludes halogenated alkanes) is 5. The van der Waals surface area contributed by atoms with Crippen LogP contribution in [0.25, 0.3) is 0 Å². The van der Waals surface area contributed by atoms with E-state index in [0.717, 1.165) is 24.8 Å². The number of benzene rings is 2. The van der Waals surface area contributed by atoms with Crippen LogP contribution in [0.1, 0.15) is 51.0 Å². The van der Waals surface area contributed by atoms with Gasteiger partial charge >= 0.3 is 51.4 Å². The molecule has 27 heavy (non-hydrogen) atoms. The Balaban J connectivity index is 0.00000364. The van der Waals surface area contributed by atoms with E-state index in [1.165, 1.54) is 49.9 Å². The summed E-state index contributed by atoms with van der Waals surface area (Å²) < 4.78 is 37.4. The third-order valence-electron chi connectivity index (χ3n) is 4.18. The van der Waals surface area contributed by atoms with Crippen molar-refractivity contribution in [2.24, 2.45) is 0 Å². The molecule has 142 valence electrons. The smallest absolute Gasteiger partial charge is 0.870 e. The van der Waals surface area contributed by atoms with Crippen molar-refractivity contribution < 1.29 is 74.2 Å². The van der Waals surface area contributed by atoms with Gasteiger partial charge in [-0.15, -0.1) is 0 Å². The Labute approximate surface area is 204 Å². The Bertz CT molecular complexity index is 821. The van der Waals surface area contributed by atoms with E-state index in [0.29, 0.717) is 0 Å². The molecule has 0 aliphatic carbocycles. The van der Waals surface area contributed by atoms with Crippen molar-refractivity contribution in [3.63, 3.8) is 0 Å². The van der Waals surface area contributed by atoms with Gasteiger partial charge in [0, 0.05) is 6.07 Å². The van der Waals surface area contributed by atoms with Gasteiger partial charge < -0.3 is 9.84 Å². The fourth-order valence-electron chi connectivity index (χ4n) is 2.79. The first-order valence-electron chi connectivity index (χ1n) is 8.96. The minimum Gasteiger partial charge on any atom is -0.870 e. The van der Waals surface area contributed by atoms with Crippen molar-refractivity contribution in [2.45, 2.75) is 56.8 Å². The van der Waals surface area contributed by atoms with Crippen molar-refractivity contribution in [3.05, 3.63) is 48.0 Å². The summed E-state index contributed by atoms with van der Waals surface area (Å²) in [4.78, 5) is -0.268. The maximum Gasteiger partial charge on any atom is 1.00 e. The van der Waals surface area contributed by atoms with Gasteiger partial charge in [0.25, 0.3) is 10.1 Å². The number of para-hydroxylation sites is 1. The molecule has 0 bridgehead atoms. The minimum atomic E-state index is -4.32. The van der Waals surface area contributed by atoms with Gasteiger partial charge in [-0.3, -0.25) is 4.55 Å². The molecule has 0 atom stereocenters. The van der Waals surface area contributed by atoms with Gasteiger partial charge in [0.05, 0.1) is 4.90 Å². The van der Waals surface area contributed by atoms with Crippen LogP contribution in [0.5, 0.6) is 17.2 Å². The first kappa shape index (κ1) is 24.6. The van der Waals surface area contributed by atoms with E-state index in [-0.39, 0.29) is 73.5 Å². The van der Waals surface area contributed by atoms with Crippen LogP contribution in [0.2, 0.25) is 0 Å². The van der Waals surface area contributed by atoms with Gasteiger partial charge in [0.15, 0.2) is 0 Å².